The Morgan fingerprint density at radius 1 is 0.417 bits per heavy atom. The second kappa shape index (κ2) is 13.7. The molecule has 0 N–H and O–H groups in total. The normalized spacial score (nSPS) is 12.2. The summed E-state index contributed by atoms with van der Waals surface area (Å²) < 4.78 is 89.4. The van der Waals surface area contributed by atoms with E-state index in [0.717, 1.165) is 41.0 Å². The molecule has 0 aliphatic heterocycles. The number of para-hydroxylation sites is 2. The van der Waals surface area contributed by atoms with E-state index in [1.165, 1.54) is 12.1 Å². The number of halogens is 6. The molecule has 10 aromatic rings. The zero-order valence-electron chi connectivity index (χ0n) is 31.2. The molecule has 0 radical (unpaired) electrons. The summed E-state index contributed by atoms with van der Waals surface area (Å²) in [6.07, 6.45) is -9.33. The highest BCUT2D eigenvalue weighted by molar-refractivity contribution is 6.11. The Bertz CT molecular complexity index is 3220. The van der Waals surface area contributed by atoms with Gasteiger partial charge >= 0.3 is 12.4 Å². The number of alkyl halides is 6. The van der Waals surface area contributed by atoms with Crippen LogP contribution in [0.4, 0.5) is 26.3 Å². The van der Waals surface area contributed by atoms with Crippen LogP contribution in [0.15, 0.2) is 170 Å². The van der Waals surface area contributed by atoms with E-state index >= 15 is 0 Å². The van der Waals surface area contributed by atoms with Crippen LogP contribution < -0.4 is 0 Å². The third kappa shape index (κ3) is 5.97. The number of rotatable bonds is 5. The van der Waals surface area contributed by atoms with Crippen LogP contribution in [-0.2, 0) is 12.4 Å². The third-order valence-electron chi connectivity index (χ3n) is 11.0. The summed E-state index contributed by atoms with van der Waals surface area (Å²) in [6, 6.07) is 50.3. The zero-order chi connectivity index (χ0) is 41.3. The van der Waals surface area contributed by atoms with Gasteiger partial charge in [-0.05, 0) is 71.8 Å². The Kier molecular flexibility index (Phi) is 8.40. The summed E-state index contributed by atoms with van der Waals surface area (Å²) in [6.45, 7) is 0. The molecule has 0 saturated heterocycles. The molecule has 0 aliphatic rings. The number of nitriles is 1. The molecule has 0 unspecified atom stereocenters. The fourth-order valence-corrected chi connectivity index (χ4v) is 8.36. The maximum atomic E-state index is 14.4. The molecular weight excluding hydrogens is 771 g/mol. The van der Waals surface area contributed by atoms with Crippen molar-refractivity contribution >= 4 is 43.6 Å². The van der Waals surface area contributed by atoms with Gasteiger partial charge in [0.25, 0.3) is 0 Å². The third-order valence-corrected chi connectivity index (χ3v) is 11.0. The van der Waals surface area contributed by atoms with Crippen LogP contribution in [0.5, 0.6) is 0 Å². The summed E-state index contributed by atoms with van der Waals surface area (Å²) in [5.41, 5.74) is 4.57. The lowest BCUT2D eigenvalue weighted by atomic mass is 9.97. The van der Waals surface area contributed by atoms with Gasteiger partial charge in [-0.25, -0.2) is 4.98 Å². The first-order valence-corrected chi connectivity index (χ1v) is 18.9. The Labute approximate surface area is 338 Å². The van der Waals surface area contributed by atoms with E-state index in [-0.39, 0.29) is 28.0 Å². The van der Waals surface area contributed by atoms with Crippen LogP contribution >= 0.6 is 0 Å². The number of pyridine rings is 1. The molecule has 0 amide bonds. The maximum absolute atomic E-state index is 14.4. The predicted octanol–water partition coefficient (Wildman–Crippen LogP) is 14.2. The van der Waals surface area contributed by atoms with Gasteiger partial charge in [0, 0.05) is 32.7 Å². The van der Waals surface area contributed by atoms with Crippen molar-refractivity contribution in [3.63, 3.8) is 0 Å². The van der Waals surface area contributed by atoms with E-state index in [4.69, 9.17) is 4.98 Å². The minimum Gasteiger partial charge on any atom is -0.308 e. The van der Waals surface area contributed by atoms with E-state index in [1.807, 2.05) is 66.7 Å². The first kappa shape index (κ1) is 36.7. The van der Waals surface area contributed by atoms with Gasteiger partial charge in [-0.1, -0.05) is 109 Å². The smallest absolute Gasteiger partial charge is 0.308 e. The second-order valence-electron chi connectivity index (χ2n) is 14.5. The Morgan fingerprint density at radius 3 is 1.42 bits per heavy atom. The molecule has 290 valence electrons. The SMILES string of the molecule is N#Cc1c(-n2c3ccccc3c3ccc(C(F)(F)F)cc32)cc(-c2cccc(-c3ccccc3-c3ccccc3)n2)cc1-n1c2ccccc2c2ccc(C(F)(F)F)cc21. The Morgan fingerprint density at radius 2 is 0.883 bits per heavy atom. The van der Waals surface area contributed by atoms with E-state index in [0.29, 0.717) is 49.5 Å². The highest BCUT2D eigenvalue weighted by Gasteiger charge is 2.33. The average Bonchev–Trinajstić information content (AvgIpc) is 3.78. The second-order valence-corrected chi connectivity index (χ2v) is 14.5. The van der Waals surface area contributed by atoms with Crippen molar-refractivity contribution in [2.24, 2.45) is 0 Å². The van der Waals surface area contributed by atoms with Crippen LogP contribution in [0.3, 0.4) is 0 Å². The Hall–Kier alpha value is -7.64. The highest BCUT2D eigenvalue weighted by atomic mass is 19.4. The van der Waals surface area contributed by atoms with Crippen molar-refractivity contribution in [1.29, 1.82) is 5.26 Å². The molecule has 0 saturated carbocycles. The van der Waals surface area contributed by atoms with Gasteiger partial charge < -0.3 is 9.13 Å². The van der Waals surface area contributed by atoms with E-state index in [1.54, 1.807) is 75.9 Å². The van der Waals surface area contributed by atoms with Crippen LogP contribution in [0.25, 0.3) is 88.6 Å². The van der Waals surface area contributed by atoms with Crippen molar-refractivity contribution in [2.45, 2.75) is 12.4 Å². The van der Waals surface area contributed by atoms with E-state index < -0.39 is 23.5 Å². The largest absolute Gasteiger partial charge is 0.416 e. The summed E-state index contributed by atoms with van der Waals surface area (Å²) in [5.74, 6) is 0. The number of benzene rings is 7. The number of nitrogens with zero attached hydrogens (tertiary/aromatic N) is 4. The summed E-state index contributed by atoms with van der Waals surface area (Å²) >= 11 is 0. The molecule has 7 aromatic carbocycles. The van der Waals surface area contributed by atoms with Gasteiger partial charge in [0.1, 0.15) is 11.6 Å². The minimum atomic E-state index is -4.67. The number of fused-ring (bicyclic) bond motifs is 6. The lowest BCUT2D eigenvalue weighted by Gasteiger charge is -2.19. The molecule has 10 heteroatoms. The van der Waals surface area contributed by atoms with Gasteiger partial charge in [-0.2, -0.15) is 31.6 Å². The summed E-state index contributed by atoms with van der Waals surface area (Å²) in [7, 11) is 0. The zero-order valence-corrected chi connectivity index (χ0v) is 31.2. The fraction of sp³-hybridized carbons (Fsp3) is 0.0400. The number of aromatic nitrogens is 3. The van der Waals surface area contributed by atoms with Crippen LogP contribution in [0, 0.1) is 11.3 Å². The molecule has 60 heavy (non-hydrogen) atoms. The van der Waals surface area contributed by atoms with E-state index in [9.17, 15) is 31.6 Å². The molecular formula is C50H28F6N4. The average molecular weight is 799 g/mol. The molecule has 0 fully saturated rings. The highest BCUT2D eigenvalue weighted by Crippen LogP contribution is 2.43. The van der Waals surface area contributed by atoms with Crippen molar-refractivity contribution in [3.8, 4) is 51.1 Å². The van der Waals surface area contributed by atoms with Gasteiger partial charge in [-0.15, -0.1) is 0 Å². The molecule has 0 aliphatic carbocycles. The summed E-state index contributed by atoms with van der Waals surface area (Å²) in [4.78, 5) is 5.14. The number of hydrogen-bond donors (Lipinski definition) is 0. The first-order chi connectivity index (χ1) is 29.0. The van der Waals surface area contributed by atoms with Crippen LogP contribution in [0.1, 0.15) is 16.7 Å². The Balaban J connectivity index is 1.32. The van der Waals surface area contributed by atoms with Gasteiger partial charge in [0.05, 0.1) is 56.0 Å². The standard InChI is InChI=1S/C50H28F6N4/c51-49(52,53)32-21-23-38-36-15-6-8-19-43(36)59(47(38)27-32)45-25-31(41-17-10-18-42(58-41)35-14-5-4-13-34(35)30-11-2-1-3-12-30)26-46(40(45)29-57)60-44-20-9-7-16-37(44)39-24-22-33(28-48(39)60)50(54,55)56/h1-28H. The quantitative estimate of drug-likeness (QED) is 0.163. The molecule has 10 rings (SSSR count). The monoisotopic (exact) mass is 798 g/mol. The molecule has 0 bridgehead atoms. The lowest BCUT2D eigenvalue weighted by molar-refractivity contribution is -0.138. The van der Waals surface area contributed by atoms with Gasteiger partial charge in [0.2, 0.25) is 0 Å². The van der Waals surface area contributed by atoms with Gasteiger partial charge in [0.15, 0.2) is 0 Å². The van der Waals surface area contributed by atoms with Crippen molar-refractivity contribution in [2.75, 3.05) is 0 Å². The predicted molar refractivity (Wildman–Crippen MR) is 224 cm³/mol. The van der Waals surface area contributed by atoms with Gasteiger partial charge in [-0.3, -0.25) is 0 Å². The maximum Gasteiger partial charge on any atom is 0.416 e. The van der Waals surface area contributed by atoms with Crippen LogP contribution in [0.2, 0.25) is 0 Å². The molecule has 0 atom stereocenters. The topological polar surface area (TPSA) is 46.5 Å². The van der Waals surface area contributed by atoms with Crippen molar-refractivity contribution in [1.82, 2.24) is 14.1 Å². The minimum absolute atomic E-state index is 0.0319. The number of hydrogen-bond acceptors (Lipinski definition) is 2. The first-order valence-electron chi connectivity index (χ1n) is 18.9. The van der Waals surface area contributed by atoms with Crippen molar-refractivity contribution < 1.29 is 26.3 Å². The molecule has 4 nitrogen and oxygen atoms in total. The molecule has 0 spiro atoms. The molecule has 3 heterocycles. The summed E-state index contributed by atoms with van der Waals surface area (Å²) in [5, 5.41) is 13.6. The molecule has 3 aromatic heterocycles. The van der Waals surface area contributed by atoms with E-state index in [2.05, 4.69) is 6.07 Å². The van der Waals surface area contributed by atoms with Crippen molar-refractivity contribution in [3.05, 3.63) is 187 Å². The fourth-order valence-electron chi connectivity index (χ4n) is 8.36. The lowest BCUT2D eigenvalue weighted by Crippen LogP contribution is -2.08. The van der Waals surface area contributed by atoms with Crippen LogP contribution in [-0.4, -0.2) is 14.1 Å².